The summed E-state index contributed by atoms with van der Waals surface area (Å²) in [6, 6.07) is -1.21. The summed E-state index contributed by atoms with van der Waals surface area (Å²) in [5, 5.41) is 10.6. The zero-order valence-corrected chi connectivity index (χ0v) is 18.4. The van der Waals surface area contributed by atoms with Gasteiger partial charge in [-0.2, -0.15) is 0 Å². The maximum atomic E-state index is 13.3. The van der Waals surface area contributed by atoms with Crippen molar-refractivity contribution in [3.63, 3.8) is 0 Å². The van der Waals surface area contributed by atoms with Crippen LogP contribution in [0, 0.1) is 11.3 Å². The van der Waals surface area contributed by atoms with Gasteiger partial charge in [-0.25, -0.2) is 0 Å². The fourth-order valence-electron chi connectivity index (χ4n) is 3.88. The molecule has 1 heterocycles. The van der Waals surface area contributed by atoms with Crippen LogP contribution in [0.4, 0.5) is 0 Å². The molecule has 1 aliphatic heterocycles. The Labute approximate surface area is 165 Å². The maximum Gasteiger partial charge on any atom is 0.240 e. The molecule has 0 radical (unpaired) electrons. The predicted molar refractivity (Wildman–Crippen MR) is 109 cm³/mol. The molecule has 6 nitrogen and oxygen atoms in total. The average molecular weight is 384 g/mol. The summed E-state index contributed by atoms with van der Waals surface area (Å²) >= 11 is 0. The molecule has 6 heteroatoms. The normalized spacial score (nSPS) is 21.9. The number of rotatable bonds is 9. The van der Waals surface area contributed by atoms with E-state index in [1.54, 1.807) is 11.9 Å². The summed E-state index contributed by atoms with van der Waals surface area (Å²) in [6.45, 7) is 12.5. The van der Waals surface area contributed by atoms with E-state index in [9.17, 15) is 14.7 Å². The van der Waals surface area contributed by atoms with Gasteiger partial charge in [0.15, 0.2) is 5.78 Å². The van der Waals surface area contributed by atoms with Crippen LogP contribution in [0.2, 0.25) is 0 Å². The molecular formula is C21H41N3O3. The van der Waals surface area contributed by atoms with E-state index in [4.69, 9.17) is 5.73 Å². The van der Waals surface area contributed by atoms with Crippen molar-refractivity contribution in [3.05, 3.63) is 0 Å². The zero-order valence-electron chi connectivity index (χ0n) is 18.4. The Kier molecular flexibility index (Phi) is 8.90. The van der Waals surface area contributed by atoms with Crippen molar-refractivity contribution < 1.29 is 14.7 Å². The topological polar surface area (TPSA) is 86.9 Å². The Morgan fingerprint density at radius 1 is 1.30 bits per heavy atom. The van der Waals surface area contributed by atoms with Crippen LogP contribution >= 0.6 is 0 Å². The van der Waals surface area contributed by atoms with E-state index in [0.717, 1.165) is 12.8 Å². The average Bonchev–Trinajstić information content (AvgIpc) is 3.05. The lowest BCUT2D eigenvalue weighted by Gasteiger charge is -2.38. The van der Waals surface area contributed by atoms with Gasteiger partial charge in [-0.15, -0.1) is 0 Å². The van der Waals surface area contributed by atoms with Gasteiger partial charge in [-0.05, 0) is 31.6 Å². The second-order valence-electron chi connectivity index (χ2n) is 9.47. The summed E-state index contributed by atoms with van der Waals surface area (Å²) in [4.78, 5) is 29.7. The minimum absolute atomic E-state index is 0.0832. The van der Waals surface area contributed by atoms with Gasteiger partial charge in [0, 0.05) is 25.0 Å². The van der Waals surface area contributed by atoms with E-state index in [1.165, 1.54) is 0 Å². The molecule has 1 fully saturated rings. The number of nitrogens with two attached hydrogens (primary N) is 1. The second kappa shape index (κ2) is 9.99. The van der Waals surface area contributed by atoms with Gasteiger partial charge in [0.2, 0.25) is 5.91 Å². The highest BCUT2D eigenvalue weighted by Crippen LogP contribution is 2.27. The van der Waals surface area contributed by atoms with Gasteiger partial charge < -0.3 is 15.7 Å². The molecule has 0 aliphatic carbocycles. The summed E-state index contributed by atoms with van der Waals surface area (Å²) in [5.41, 5.74) is 5.60. The zero-order chi connectivity index (χ0) is 20.9. The Bertz CT molecular complexity index is 501. The van der Waals surface area contributed by atoms with E-state index in [1.807, 2.05) is 32.6 Å². The van der Waals surface area contributed by atoms with Gasteiger partial charge in [0.05, 0.1) is 12.1 Å². The van der Waals surface area contributed by atoms with Gasteiger partial charge in [-0.1, -0.05) is 48.0 Å². The number of hydrogen-bond acceptors (Lipinski definition) is 5. The second-order valence-corrected chi connectivity index (χ2v) is 9.47. The van der Waals surface area contributed by atoms with E-state index >= 15 is 0 Å². The van der Waals surface area contributed by atoms with Crippen LogP contribution in [-0.2, 0) is 9.59 Å². The van der Waals surface area contributed by atoms with Crippen molar-refractivity contribution in [2.75, 3.05) is 13.6 Å². The van der Waals surface area contributed by atoms with Gasteiger partial charge in [-0.3, -0.25) is 14.5 Å². The molecule has 0 bridgehead atoms. The Balaban J connectivity index is 2.99. The highest BCUT2D eigenvalue weighted by Gasteiger charge is 2.41. The lowest BCUT2D eigenvalue weighted by molar-refractivity contribution is -0.148. The first-order valence-electron chi connectivity index (χ1n) is 10.4. The van der Waals surface area contributed by atoms with Gasteiger partial charge in [0.1, 0.15) is 6.23 Å². The minimum Gasteiger partial charge on any atom is -0.377 e. The van der Waals surface area contributed by atoms with Crippen LogP contribution < -0.4 is 5.73 Å². The molecule has 0 aromatic rings. The van der Waals surface area contributed by atoms with Crippen LogP contribution in [0.25, 0.3) is 0 Å². The molecule has 0 aromatic carbocycles. The van der Waals surface area contributed by atoms with Crippen LogP contribution in [-0.4, -0.2) is 64.5 Å². The molecule has 1 saturated heterocycles. The maximum absolute atomic E-state index is 13.3. The van der Waals surface area contributed by atoms with Crippen LogP contribution in [0.5, 0.6) is 0 Å². The molecule has 0 saturated carbocycles. The number of likely N-dealkylation sites (N-methyl/N-ethyl adjacent to an activating group) is 1. The summed E-state index contributed by atoms with van der Waals surface area (Å²) < 4.78 is 0. The Morgan fingerprint density at radius 3 is 2.37 bits per heavy atom. The Morgan fingerprint density at radius 2 is 1.89 bits per heavy atom. The van der Waals surface area contributed by atoms with Gasteiger partial charge >= 0.3 is 0 Å². The van der Waals surface area contributed by atoms with E-state index in [-0.39, 0.29) is 17.7 Å². The third-order valence-corrected chi connectivity index (χ3v) is 5.48. The number of carbonyl (C=O) groups is 2. The summed E-state index contributed by atoms with van der Waals surface area (Å²) in [7, 11) is 1.73. The van der Waals surface area contributed by atoms with E-state index < -0.39 is 23.7 Å². The summed E-state index contributed by atoms with van der Waals surface area (Å²) in [5.74, 6) is 0.304. The van der Waals surface area contributed by atoms with Crippen molar-refractivity contribution in [1.29, 1.82) is 0 Å². The first kappa shape index (κ1) is 24.1. The fourth-order valence-corrected chi connectivity index (χ4v) is 3.88. The van der Waals surface area contributed by atoms with Crippen molar-refractivity contribution in [3.8, 4) is 0 Å². The quantitative estimate of drug-likeness (QED) is 0.638. The first-order valence-corrected chi connectivity index (χ1v) is 10.4. The van der Waals surface area contributed by atoms with E-state index in [0.29, 0.717) is 31.7 Å². The number of amides is 1. The lowest BCUT2D eigenvalue weighted by Crippen LogP contribution is -2.57. The van der Waals surface area contributed by atoms with Crippen molar-refractivity contribution in [1.82, 2.24) is 9.80 Å². The minimum atomic E-state index is -0.823. The van der Waals surface area contributed by atoms with Crippen LogP contribution in [0.1, 0.15) is 73.6 Å². The molecule has 0 aromatic heterocycles. The SMILES string of the molecule is CCC[C@H](N)C(O)N1CCC[C@H]1C(=O)N(C)[C@H](CC(C)C)C(=O)C(C)(C)C. The fraction of sp³-hybridized carbons (Fsp3) is 0.905. The largest absolute Gasteiger partial charge is 0.377 e. The van der Waals surface area contributed by atoms with E-state index in [2.05, 4.69) is 13.8 Å². The lowest BCUT2D eigenvalue weighted by atomic mass is 9.83. The predicted octanol–water partition coefficient (Wildman–Crippen LogP) is 2.38. The summed E-state index contributed by atoms with van der Waals surface area (Å²) in [6.07, 6.45) is 2.97. The molecule has 3 N–H and O–H groups in total. The number of nitrogens with zero attached hydrogens (tertiary/aromatic N) is 2. The molecular weight excluding hydrogens is 342 g/mol. The number of aliphatic hydroxyl groups is 1. The molecule has 158 valence electrons. The van der Waals surface area contributed by atoms with Crippen LogP contribution in [0.3, 0.4) is 0 Å². The number of hydrogen-bond donors (Lipinski definition) is 2. The molecule has 1 aliphatic rings. The molecule has 27 heavy (non-hydrogen) atoms. The number of carbonyl (C=O) groups excluding carboxylic acids is 2. The Hall–Kier alpha value is -0.980. The number of aliphatic hydroxyl groups excluding tert-OH is 1. The molecule has 1 rings (SSSR count). The first-order chi connectivity index (χ1) is 12.4. The third kappa shape index (κ3) is 6.26. The standard InChI is InChI=1S/C21H41N3O3/c1-8-10-15(22)19(26)24-12-9-11-16(24)20(27)23(7)17(13-14(2)3)18(25)21(4,5)6/h14-17,19,26H,8-13,22H2,1-7H3/t15-,16-,17+,19?/m0/s1. The third-order valence-electron chi connectivity index (χ3n) is 5.48. The number of ketones is 1. The van der Waals surface area contributed by atoms with Gasteiger partial charge in [0.25, 0.3) is 0 Å². The molecule has 0 spiro atoms. The van der Waals surface area contributed by atoms with Crippen molar-refractivity contribution >= 4 is 11.7 Å². The highest BCUT2D eigenvalue weighted by molar-refractivity contribution is 5.93. The van der Waals surface area contributed by atoms with Crippen molar-refractivity contribution in [2.45, 2.75) is 98.0 Å². The molecule has 1 amide bonds. The monoisotopic (exact) mass is 383 g/mol. The smallest absolute Gasteiger partial charge is 0.240 e. The highest BCUT2D eigenvalue weighted by atomic mass is 16.3. The van der Waals surface area contributed by atoms with Crippen LogP contribution in [0.15, 0.2) is 0 Å². The number of Topliss-reactive ketones (excluding diaryl/α,β-unsaturated/α-hetero) is 1. The van der Waals surface area contributed by atoms with Crippen molar-refractivity contribution in [2.24, 2.45) is 17.1 Å². The molecule has 1 unspecified atom stereocenters. The molecule has 4 atom stereocenters. The number of likely N-dealkylation sites (tertiary alicyclic amines) is 1.